The van der Waals surface area contributed by atoms with Gasteiger partial charge in [-0.2, -0.15) is 0 Å². The smallest absolute Gasteiger partial charge is 0.261 e. The molecular formula is C17H23N2OS2+. The second-order valence-electron chi connectivity index (χ2n) is 6.03. The van der Waals surface area contributed by atoms with E-state index < -0.39 is 0 Å². The van der Waals surface area contributed by atoms with Gasteiger partial charge in [0.15, 0.2) is 0 Å². The van der Waals surface area contributed by atoms with Crippen LogP contribution < -0.4 is 10.2 Å². The molecule has 3 nitrogen and oxygen atoms in total. The van der Waals surface area contributed by atoms with Gasteiger partial charge >= 0.3 is 0 Å². The number of likely N-dealkylation sites (tertiary alicyclic amines) is 1. The molecule has 1 aliphatic rings. The molecule has 22 heavy (non-hydrogen) atoms. The third kappa shape index (κ3) is 3.42. The summed E-state index contributed by atoms with van der Waals surface area (Å²) in [6, 6.07) is 8.75. The lowest BCUT2D eigenvalue weighted by Gasteiger charge is -2.29. The molecule has 0 aromatic carbocycles. The summed E-state index contributed by atoms with van der Waals surface area (Å²) in [6.07, 6.45) is 2.59. The zero-order valence-corrected chi connectivity index (χ0v) is 14.7. The monoisotopic (exact) mass is 335 g/mol. The number of quaternary nitrogens is 1. The van der Waals surface area contributed by atoms with Crippen LogP contribution in [-0.4, -0.2) is 25.0 Å². The number of carbonyl (C=O) groups excluding carboxylic acids is 1. The van der Waals surface area contributed by atoms with E-state index in [1.807, 2.05) is 19.1 Å². The highest BCUT2D eigenvalue weighted by Crippen LogP contribution is 2.22. The van der Waals surface area contributed by atoms with Crippen molar-refractivity contribution >= 4 is 28.6 Å². The minimum Gasteiger partial charge on any atom is -0.342 e. The van der Waals surface area contributed by atoms with Crippen molar-refractivity contribution in [3.63, 3.8) is 0 Å². The van der Waals surface area contributed by atoms with Crippen LogP contribution in [0.1, 0.15) is 45.2 Å². The molecule has 1 saturated heterocycles. The van der Waals surface area contributed by atoms with Crippen molar-refractivity contribution in [1.82, 2.24) is 5.32 Å². The summed E-state index contributed by atoms with van der Waals surface area (Å²) in [5, 5.41) is 5.37. The molecule has 1 aliphatic heterocycles. The fraction of sp³-hybridized carbons (Fsp3) is 0.471. The van der Waals surface area contributed by atoms with E-state index in [0.29, 0.717) is 6.04 Å². The molecule has 118 valence electrons. The molecule has 1 amide bonds. The van der Waals surface area contributed by atoms with E-state index in [0.717, 1.165) is 4.88 Å². The average Bonchev–Trinajstić information content (AvgIpc) is 3.20. The maximum Gasteiger partial charge on any atom is 0.261 e. The maximum atomic E-state index is 12.5. The topological polar surface area (TPSA) is 33.5 Å². The van der Waals surface area contributed by atoms with Crippen molar-refractivity contribution in [3.8, 4) is 0 Å². The molecule has 2 N–H and O–H groups in total. The van der Waals surface area contributed by atoms with Crippen LogP contribution in [0, 0.1) is 6.92 Å². The molecule has 0 bridgehead atoms. The van der Waals surface area contributed by atoms with Crippen molar-refractivity contribution in [2.45, 2.75) is 38.8 Å². The van der Waals surface area contributed by atoms with Crippen LogP contribution in [0.25, 0.3) is 0 Å². The summed E-state index contributed by atoms with van der Waals surface area (Å²) in [4.78, 5) is 17.4. The van der Waals surface area contributed by atoms with E-state index in [2.05, 4.69) is 29.8 Å². The van der Waals surface area contributed by atoms with Crippen molar-refractivity contribution < 1.29 is 9.69 Å². The molecule has 0 saturated carbocycles. The highest BCUT2D eigenvalue weighted by molar-refractivity contribution is 7.14. The standard InChI is InChI=1S/C17H22N2OS2/c1-12-7-8-15(22-12)17(20)18-13(2)16(14-6-5-11-21-14)19-9-3-4-10-19/h5-8,11,13,16H,3-4,9-10H2,1-2H3,(H,18,20)/p+1/t13-,16-/m0/s1. The van der Waals surface area contributed by atoms with Gasteiger partial charge in [-0.3, -0.25) is 4.79 Å². The number of aryl methyl sites for hydroxylation is 1. The first-order valence-corrected chi connectivity index (χ1v) is 9.60. The van der Waals surface area contributed by atoms with Crippen LogP contribution in [0.5, 0.6) is 0 Å². The fourth-order valence-corrected chi connectivity index (χ4v) is 5.09. The Kier molecular flexibility index (Phi) is 4.96. The van der Waals surface area contributed by atoms with Crippen LogP contribution in [0.3, 0.4) is 0 Å². The molecule has 1 fully saturated rings. The first-order valence-electron chi connectivity index (χ1n) is 7.90. The van der Waals surface area contributed by atoms with Gasteiger partial charge in [0, 0.05) is 17.7 Å². The molecule has 3 heterocycles. The van der Waals surface area contributed by atoms with Crippen molar-refractivity contribution in [2.75, 3.05) is 13.1 Å². The van der Waals surface area contributed by atoms with E-state index >= 15 is 0 Å². The second kappa shape index (κ2) is 6.94. The third-order valence-electron chi connectivity index (χ3n) is 4.36. The Balaban J connectivity index is 1.74. The summed E-state index contributed by atoms with van der Waals surface area (Å²) in [6.45, 7) is 6.60. The molecular weight excluding hydrogens is 312 g/mol. The van der Waals surface area contributed by atoms with Gasteiger partial charge < -0.3 is 10.2 Å². The zero-order valence-electron chi connectivity index (χ0n) is 13.1. The highest BCUT2D eigenvalue weighted by atomic mass is 32.1. The summed E-state index contributed by atoms with van der Waals surface area (Å²) >= 11 is 3.37. The first-order chi connectivity index (χ1) is 10.6. The van der Waals surface area contributed by atoms with Crippen LogP contribution in [0.4, 0.5) is 0 Å². The van der Waals surface area contributed by atoms with Crippen LogP contribution in [-0.2, 0) is 0 Å². The molecule has 0 unspecified atom stereocenters. The Bertz CT molecular complexity index is 614. The van der Waals surface area contributed by atoms with E-state index in [1.165, 1.54) is 35.7 Å². The third-order valence-corrected chi connectivity index (χ3v) is 6.31. The predicted octanol–water partition coefficient (Wildman–Crippen LogP) is 2.66. The number of hydrogen-bond donors (Lipinski definition) is 2. The van der Waals surface area contributed by atoms with Gasteiger partial charge in [-0.1, -0.05) is 6.07 Å². The van der Waals surface area contributed by atoms with Crippen LogP contribution >= 0.6 is 22.7 Å². The minimum absolute atomic E-state index is 0.0609. The Morgan fingerprint density at radius 2 is 2.05 bits per heavy atom. The number of thiophene rings is 2. The lowest BCUT2D eigenvalue weighted by molar-refractivity contribution is -0.920. The quantitative estimate of drug-likeness (QED) is 0.865. The molecule has 2 atom stereocenters. The first kappa shape index (κ1) is 15.7. The normalized spacial score (nSPS) is 18.3. The summed E-state index contributed by atoms with van der Waals surface area (Å²) in [5.41, 5.74) is 0. The predicted molar refractivity (Wildman–Crippen MR) is 93.0 cm³/mol. The van der Waals surface area contributed by atoms with Gasteiger partial charge in [-0.15, -0.1) is 22.7 Å². The molecule has 2 aromatic heterocycles. The van der Waals surface area contributed by atoms with E-state index in [-0.39, 0.29) is 11.9 Å². The molecule has 5 heteroatoms. The second-order valence-corrected chi connectivity index (χ2v) is 8.30. The molecule has 0 aliphatic carbocycles. The fourth-order valence-electron chi connectivity index (χ4n) is 3.33. The van der Waals surface area contributed by atoms with Crippen LogP contribution in [0.15, 0.2) is 29.6 Å². The Labute approximate surface area is 140 Å². The number of hydrogen-bond acceptors (Lipinski definition) is 3. The Morgan fingerprint density at radius 3 is 2.64 bits per heavy atom. The van der Waals surface area contributed by atoms with Gasteiger partial charge in [-0.25, -0.2) is 0 Å². The Hall–Kier alpha value is -1.17. The number of nitrogens with one attached hydrogen (secondary N) is 2. The van der Waals surface area contributed by atoms with Gasteiger partial charge in [0.1, 0.15) is 6.04 Å². The lowest BCUT2D eigenvalue weighted by Crippen LogP contribution is -3.11. The lowest BCUT2D eigenvalue weighted by atomic mass is 10.1. The van der Waals surface area contributed by atoms with E-state index in [1.54, 1.807) is 27.6 Å². The van der Waals surface area contributed by atoms with Gasteiger partial charge in [0.2, 0.25) is 0 Å². The largest absolute Gasteiger partial charge is 0.342 e. The van der Waals surface area contributed by atoms with E-state index in [4.69, 9.17) is 0 Å². The van der Waals surface area contributed by atoms with Gasteiger partial charge in [-0.05, 0) is 37.4 Å². The van der Waals surface area contributed by atoms with Gasteiger partial charge in [0.25, 0.3) is 5.91 Å². The summed E-state index contributed by atoms with van der Waals surface area (Å²) in [7, 11) is 0. The van der Waals surface area contributed by atoms with Gasteiger partial charge in [0.05, 0.1) is 28.9 Å². The Morgan fingerprint density at radius 1 is 1.27 bits per heavy atom. The van der Waals surface area contributed by atoms with Crippen molar-refractivity contribution in [3.05, 3.63) is 44.3 Å². The summed E-state index contributed by atoms with van der Waals surface area (Å²) < 4.78 is 0. The molecule has 2 aromatic rings. The summed E-state index contributed by atoms with van der Waals surface area (Å²) in [5.74, 6) is 0.0609. The number of carbonyl (C=O) groups is 1. The molecule has 0 spiro atoms. The SMILES string of the molecule is Cc1ccc(C(=O)N[C@@H](C)[C@@H](c2cccs2)[NH+]2CCCC2)s1. The highest BCUT2D eigenvalue weighted by Gasteiger charge is 2.33. The average molecular weight is 336 g/mol. The minimum atomic E-state index is 0.0609. The number of rotatable bonds is 5. The number of amides is 1. The van der Waals surface area contributed by atoms with Crippen molar-refractivity contribution in [1.29, 1.82) is 0 Å². The van der Waals surface area contributed by atoms with E-state index in [9.17, 15) is 4.79 Å². The van der Waals surface area contributed by atoms with Crippen LogP contribution in [0.2, 0.25) is 0 Å². The molecule has 0 radical (unpaired) electrons. The maximum absolute atomic E-state index is 12.5. The van der Waals surface area contributed by atoms with Crippen molar-refractivity contribution in [2.24, 2.45) is 0 Å². The zero-order chi connectivity index (χ0) is 15.5. The molecule has 3 rings (SSSR count).